The van der Waals surface area contributed by atoms with E-state index in [1.54, 1.807) is 27.6 Å². The molecule has 19 heavy (non-hydrogen) atoms. The smallest absolute Gasteiger partial charge is 0.338 e. The van der Waals surface area contributed by atoms with Gasteiger partial charge in [0.2, 0.25) is 0 Å². The highest BCUT2D eigenvalue weighted by molar-refractivity contribution is 7.07. The van der Waals surface area contributed by atoms with Crippen LogP contribution in [0.15, 0.2) is 29.1 Å². The minimum Gasteiger partial charge on any atom is -0.478 e. The first-order valence-electron chi connectivity index (χ1n) is 5.68. The van der Waals surface area contributed by atoms with Crippen LogP contribution in [-0.2, 0) is 13.0 Å². The average molecular weight is 274 g/mol. The zero-order valence-corrected chi connectivity index (χ0v) is 10.7. The van der Waals surface area contributed by atoms with Gasteiger partial charge in [0.15, 0.2) is 0 Å². The Balaban J connectivity index is 1.92. The summed E-state index contributed by atoms with van der Waals surface area (Å²) in [6, 6.07) is 5.06. The predicted molar refractivity (Wildman–Crippen MR) is 70.3 cm³/mol. The zero-order valence-electron chi connectivity index (χ0n) is 9.85. The van der Waals surface area contributed by atoms with Crippen molar-refractivity contribution in [2.45, 2.75) is 13.0 Å². The van der Waals surface area contributed by atoms with Crippen LogP contribution >= 0.6 is 11.3 Å². The van der Waals surface area contributed by atoms with E-state index < -0.39 is 5.97 Å². The molecule has 1 aromatic carbocycles. The zero-order chi connectivity index (χ0) is 13.2. The number of fused-ring (bicyclic) bond motifs is 1. The van der Waals surface area contributed by atoms with Gasteiger partial charge in [0.25, 0.3) is 0 Å². The van der Waals surface area contributed by atoms with Gasteiger partial charge >= 0.3 is 5.97 Å². The van der Waals surface area contributed by atoms with Crippen molar-refractivity contribution in [3.8, 4) is 0 Å². The van der Waals surface area contributed by atoms with Crippen LogP contribution < -0.4 is 0 Å². The van der Waals surface area contributed by atoms with Gasteiger partial charge in [-0.3, -0.25) is 0 Å². The van der Waals surface area contributed by atoms with Crippen molar-refractivity contribution >= 4 is 28.3 Å². The van der Waals surface area contributed by atoms with Crippen molar-refractivity contribution in [3.05, 3.63) is 40.3 Å². The van der Waals surface area contributed by atoms with E-state index in [4.69, 9.17) is 5.11 Å². The maximum absolute atomic E-state index is 11.1. The molecule has 0 aliphatic rings. The second-order valence-corrected chi connectivity index (χ2v) is 4.74. The van der Waals surface area contributed by atoms with Crippen molar-refractivity contribution in [2.75, 3.05) is 0 Å². The van der Waals surface area contributed by atoms with E-state index in [2.05, 4.69) is 15.3 Å². The van der Waals surface area contributed by atoms with Gasteiger partial charge in [-0.05, 0) is 12.1 Å². The number of benzene rings is 1. The van der Waals surface area contributed by atoms with Gasteiger partial charge in [-0.25, -0.2) is 14.5 Å². The molecule has 0 bridgehead atoms. The van der Waals surface area contributed by atoms with Crippen molar-refractivity contribution < 1.29 is 9.90 Å². The molecule has 0 spiro atoms. The van der Waals surface area contributed by atoms with Crippen LogP contribution in [0.3, 0.4) is 0 Å². The molecule has 0 fully saturated rings. The molecule has 3 rings (SSSR count). The molecule has 0 radical (unpaired) electrons. The van der Waals surface area contributed by atoms with Crippen LogP contribution in [0.5, 0.6) is 0 Å². The number of thiazole rings is 1. The van der Waals surface area contributed by atoms with E-state index >= 15 is 0 Å². The molecule has 0 saturated heterocycles. The molecule has 6 nitrogen and oxygen atoms in total. The van der Waals surface area contributed by atoms with Gasteiger partial charge in [-0.2, -0.15) is 0 Å². The Morgan fingerprint density at radius 2 is 2.32 bits per heavy atom. The lowest BCUT2D eigenvalue weighted by Crippen LogP contribution is -2.03. The lowest BCUT2D eigenvalue weighted by molar-refractivity contribution is 0.0699. The van der Waals surface area contributed by atoms with Gasteiger partial charge in [-0.15, -0.1) is 16.4 Å². The summed E-state index contributed by atoms with van der Waals surface area (Å²) in [6.45, 7) is 0.628. The first kappa shape index (κ1) is 11.8. The van der Waals surface area contributed by atoms with Gasteiger partial charge in [0.05, 0.1) is 22.3 Å². The minimum atomic E-state index is -0.989. The number of rotatable bonds is 4. The first-order valence-corrected chi connectivity index (χ1v) is 6.62. The van der Waals surface area contributed by atoms with Gasteiger partial charge in [-0.1, -0.05) is 11.3 Å². The van der Waals surface area contributed by atoms with Gasteiger partial charge < -0.3 is 5.11 Å². The Morgan fingerprint density at radius 1 is 1.42 bits per heavy atom. The van der Waals surface area contributed by atoms with Crippen LogP contribution in [0.25, 0.3) is 11.0 Å². The highest BCUT2D eigenvalue weighted by atomic mass is 32.1. The number of carbonyl (C=O) groups is 1. The lowest BCUT2D eigenvalue weighted by atomic mass is 10.2. The molecule has 1 N–H and O–H groups in total. The fourth-order valence-corrected chi connectivity index (χ4v) is 2.50. The average Bonchev–Trinajstić information content (AvgIpc) is 3.05. The van der Waals surface area contributed by atoms with Crippen LogP contribution in [0.2, 0.25) is 0 Å². The second-order valence-electron chi connectivity index (χ2n) is 4.02. The maximum atomic E-state index is 11.1. The molecule has 0 aliphatic heterocycles. The Kier molecular flexibility index (Phi) is 2.96. The van der Waals surface area contributed by atoms with E-state index in [-0.39, 0.29) is 5.56 Å². The number of carboxylic acid groups (broad SMARTS) is 1. The number of carboxylic acids is 1. The Morgan fingerprint density at radius 3 is 3.05 bits per heavy atom. The molecular weight excluding hydrogens is 264 g/mol. The molecule has 96 valence electrons. The SMILES string of the molecule is O=C(O)c1cccc2c1nnn2CCc1cscn1. The normalized spacial score (nSPS) is 10.9. The molecule has 7 heteroatoms. The minimum absolute atomic E-state index is 0.178. The third-order valence-corrected chi connectivity index (χ3v) is 3.47. The van der Waals surface area contributed by atoms with E-state index in [0.29, 0.717) is 12.1 Å². The monoisotopic (exact) mass is 274 g/mol. The predicted octanol–water partition coefficient (Wildman–Crippen LogP) is 1.83. The van der Waals surface area contributed by atoms with Crippen molar-refractivity contribution in [1.82, 2.24) is 20.0 Å². The van der Waals surface area contributed by atoms with Crippen LogP contribution in [-0.4, -0.2) is 31.1 Å². The van der Waals surface area contributed by atoms with E-state index in [9.17, 15) is 4.79 Å². The molecule has 3 aromatic rings. The molecule has 0 aliphatic carbocycles. The van der Waals surface area contributed by atoms with E-state index in [1.807, 2.05) is 11.4 Å². The number of aromatic nitrogens is 4. The molecule has 2 heterocycles. The van der Waals surface area contributed by atoms with Gasteiger partial charge in [0, 0.05) is 18.3 Å². The Labute approximate surface area is 112 Å². The number of nitrogens with zero attached hydrogens (tertiary/aromatic N) is 4. The lowest BCUT2D eigenvalue weighted by Gasteiger charge is -2.01. The third kappa shape index (κ3) is 2.19. The molecule has 0 atom stereocenters. The number of hydrogen-bond donors (Lipinski definition) is 1. The van der Waals surface area contributed by atoms with Crippen LogP contribution in [0.1, 0.15) is 16.1 Å². The Bertz CT molecular complexity index is 720. The van der Waals surface area contributed by atoms with E-state index in [0.717, 1.165) is 17.6 Å². The summed E-state index contributed by atoms with van der Waals surface area (Å²) in [5.74, 6) is -0.989. The second kappa shape index (κ2) is 4.77. The summed E-state index contributed by atoms with van der Waals surface area (Å²) < 4.78 is 1.71. The summed E-state index contributed by atoms with van der Waals surface area (Å²) in [4.78, 5) is 15.3. The fraction of sp³-hybridized carbons (Fsp3) is 0.167. The highest BCUT2D eigenvalue weighted by Crippen LogP contribution is 2.16. The van der Waals surface area contributed by atoms with Crippen molar-refractivity contribution in [3.63, 3.8) is 0 Å². The van der Waals surface area contributed by atoms with Crippen LogP contribution in [0.4, 0.5) is 0 Å². The topological polar surface area (TPSA) is 80.9 Å². The van der Waals surface area contributed by atoms with Crippen molar-refractivity contribution in [2.24, 2.45) is 0 Å². The molecule has 0 saturated carbocycles. The highest BCUT2D eigenvalue weighted by Gasteiger charge is 2.13. The summed E-state index contributed by atoms with van der Waals surface area (Å²) in [7, 11) is 0. The van der Waals surface area contributed by atoms with Crippen molar-refractivity contribution in [1.29, 1.82) is 0 Å². The maximum Gasteiger partial charge on any atom is 0.338 e. The number of aromatic carboxylic acids is 1. The molecule has 2 aromatic heterocycles. The summed E-state index contributed by atoms with van der Waals surface area (Å²) in [5.41, 5.74) is 4.13. The Hall–Kier alpha value is -2.28. The third-order valence-electron chi connectivity index (χ3n) is 2.84. The molecule has 0 amide bonds. The number of aryl methyl sites for hydroxylation is 2. The fourth-order valence-electron chi connectivity index (χ4n) is 1.91. The first-order chi connectivity index (χ1) is 9.25. The largest absolute Gasteiger partial charge is 0.478 e. The van der Waals surface area contributed by atoms with Gasteiger partial charge in [0.1, 0.15) is 5.52 Å². The summed E-state index contributed by atoms with van der Waals surface area (Å²) in [6.07, 6.45) is 0.749. The standard InChI is InChI=1S/C12H10N4O2S/c17-12(18)9-2-1-3-10-11(9)14-15-16(10)5-4-8-6-19-7-13-8/h1-3,6-7H,4-5H2,(H,17,18). The van der Waals surface area contributed by atoms with E-state index in [1.165, 1.54) is 6.07 Å². The summed E-state index contributed by atoms with van der Waals surface area (Å²) in [5, 5.41) is 19.0. The molecule has 0 unspecified atom stereocenters. The number of hydrogen-bond acceptors (Lipinski definition) is 5. The summed E-state index contributed by atoms with van der Waals surface area (Å²) >= 11 is 1.55. The molecular formula is C12H10N4O2S. The quantitative estimate of drug-likeness (QED) is 0.785. The van der Waals surface area contributed by atoms with Crippen LogP contribution in [0, 0.1) is 0 Å².